The van der Waals surface area contributed by atoms with Gasteiger partial charge in [0.05, 0.1) is 23.6 Å². The molecule has 1 aliphatic heterocycles. The van der Waals surface area contributed by atoms with E-state index in [1.165, 1.54) is 22.0 Å². The Morgan fingerprint density at radius 1 is 1.04 bits per heavy atom. The molecule has 1 saturated heterocycles. The minimum absolute atomic E-state index is 0.0295. The molecule has 1 N–H and O–H groups in total. The first-order chi connectivity index (χ1) is 21.7. The number of halogens is 6. The minimum atomic E-state index is -4.52. The van der Waals surface area contributed by atoms with Crippen LogP contribution in [0.4, 0.5) is 42.5 Å². The molecule has 0 saturated carbocycles. The van der Waals surface area contributed by atoms with Crippen LogP contribution in [0, 0.1) is 13.8 Å². The molecular weight excluding hydrogens is 640 g/mol. The van der Waals surface area contributed by atoms with Gasteiger partial charge in [0.2, 0.25) is 5.91 Å². The van der Waals surface area contributed by atoms with Gasteiger partial charge in [-0.25, -0.2) is 19.4 Å². The average Bonchev–Trinajstić information content (AvgIpc) is 3.61. The van der Waals surface area contributed by atoms with Gasteiger partial charge in [0.1, 0.15) is 12.9 Å². The van der Waals surface area contributed by atoms with Crippen molar-refractivity contribution in [2.24, 2.45) is 4.99 Å². The molecule has 0 aliphatic carbocycles. The van der Waals surface area contributed by atoms with E-state index in [0.717, 1.165) is 23.4 Å². The quantitative estimate of drug-likeness (QED) is 0.219. The third-order valence-electron chi connectivity index (χ3n) is 6.50. The number of carbonyl (C=O) groups excluding carboxylic acids is 2. The first kappa shape index (κ1) is 32.6. The zero-order chi connectivity index (χ0) is 33.2. The molecule has 240 valence electrons. The number of benzene rings is 2. The van der Waals surface area contributed by atoms with Gasteiger partial charge >= 0.3 is 18.4 Å². The predicted octanol–water partition coefficient (Wildman–Crippen LogP) is 6.71. The maximum absolute atomic E-state index is 12.9. The van der Waals surface area contributed by atoms with Crippen molar-refractivity contribution < 1.29 is 40.7 Å². The van der Waals surface area contributed by atoms with Crippen molar-refractivity contribution in [2.75, 3.05) is 22.6 Å². The fraction of sp³-hybridized carbons (Fsp3) is 0.241. The molecule has 5 rings (SSSR count). The number of hydrogen-bond donors (Lipinski definition) is 1. The summed E-state index contributed by atoms with van der Waals surface area (Å²) in [7, 11) is 0. The van der Waals surface area contributed by atoms with Crippen LogP contribution in [-0.2, 0) is 22.3 Å². The summed E-state index contributed by atoms with van der Waals surface area (Å²) in [5.41, 5.74) is 1.96. The number of thioether (sulfide) groups is 1. The number of nitrogens with zero attached hydrogens (tertiary/aromatic N) is 6. The van der Waals surface area contributed by atoms with Gasteiger partial charge in [-0.3, -0.25) is 9.69 Å². The molecular formula is C29H23F6N7O3S. The fourth-order valence-electron chi connectivity index (χ4n) is 4.33. The SMILES string of the molecule is Cc1ccc(COCC(F)(F)F)c(N2C(=O)CSC2=NC(=O)Nc2ccc(-c3ncn(-c4ccc(C(F)(F)F)cn4)n3)cc2C)c1. The van der Waals surface area contributed by atoms with Crippen molar-refractivity contribution in [1.82, 2.24) is 19.7 Å². The molecule has 0 atom stereocenters. The van der Waals surface area contributed by atoms with E-state index in [2.05, 4.69) is 25.4 Å². The number of ether oxygens (including phenoxy) is 1. The zero-order valence-electron chi connectivity index (χ0n) is 24.0. The summed E-state index contributed by atoms with van der Waals surface area (Å²) in [5.74, 6) is -0.0423. The maximum atomic E-state index is 12.9. The normalized spacial score (nSPS) is 14.7. The topological polar surface area (TPSA) is 115 Å². The van der Waals surface area contributed by atoms with Crippen molar-refractivity contribution in [1.29, 1.82) is 0 Å². The lowest BCUT2D eigenvalue weighted by Gasteiger charge is -2.21. The van der Waals surface area contributed by atoms with Crippen LogP contribution in [0.25, 0.3) is 17.2 Å². The molecule has 1 fully saturated rings. The van der Waals surface area contributed by atoms with Crippen LogP contribution in [0.2, 0.25) is 0 Å². The number of rotatable bonds is 7. The van der Waals surface area contributed by atoms with E-state index in [4.69, 9.17) is 4.74 Å². The summed E-state index contributed by atoms with van der Waals surface area (Å²) in [6.45, 7) is 1.58. The lowest BCUT2D eigenvalue weighted by Crippen LogP contribution is -2.31. The predicted molar refractivity (Wildman–Crippen MR) is 158 cm³/mol. The van der Waals surface area contributed by atoms with E-state index < -0.39 is 43.1 Å². The zero-order valence-corrected chi connectivity index (χ0v) is 24.8. The van der Waals surface area contributed by atoms with Crippen LogP contribution in [0.1, 0.15) is 22.3 Å². The van der Waals surface area contributed by atoms with Gasteiger partial charge in [0, 0.05) is 23.0 Å². The van der Waals surface area contributed by atoms with Crippen LogP contribution < -0.4 is 10.2 Å². The number of alkyl halides is 6. The summed E-state index contributed by atoms with van der Waals surface area (Å²) < 4.78 is 82.4. The van der Waals surface area contributed by atoms with E-state index in [-0.39, 0.29) is 28.3 Å². The van der Waals surface area contributed by atoms with Gasteiger partial charge in [-0.2, -0.15) is 31.3 Å². The lowest BCUT2D eigenvalue weighted by molar-refractivity contribution is -0.176. The Labute approximate surface area is 261 Å². The van der Waals surface area contributed by atoms with Crippen LogP contribution in [0.15, 0.2) is 66.0 Å². The number of aromatic nitrogens is 4. The van der Waals surface area contributed by atoms with E-state index in [1.54, 1.807) is 50.2 Å². The van der Waals surface area contributed by atoms with E-state index in [1.807, 2.05) is 0 Å². The first-order valence-corrected chi connectivity index (χ1v) is 14.3. The first-order valence-electron chi connectivity index (χ1n) is 13.3. The van der Waals surface area contributed by atoms with E-state index in [0.29, 0.717) is 28.6 Å². The number of amides is 3. The average molecular weight is 664 g/mol. The van der Waals surface area contributed by atoms with E-state index >= 15 is 0 Å². The molecule has 0 radical (unpaired) electrons. The van der Waals surface area contributed by atoms with Crippen molar-refractivity contribution in [3.05, 3.63) is 83.3 Å². The van der Waals surface area contributed by atoms with Crippen molar-refractivity contribution in [3.8, 4) is 17.2 Å². The standard InChI is InChI=1S/C29H23F6N7O3S/c1-16-3-4-19(12-45-14-28(30,31)32)22(9-16)42-24(43)13-46-27(42)39-26(44)38-21-7-5-18(10-17(21)2)25-37-15-41(40-25)23-8-6-20(11-36-23)29(33,34)35/h3-11,15H,12-14H2,1-2H3,(H,38,44). The second-order valence-electron chi connectivity index (χ2n) is 10.0. The monoisotopic (exact) mass is 663 g/mol. The number of aryl methyl sites for hydroxylation is 2. The summed E-state index contributed by atoms with van der Waals surface area (Å²) >= 11 is 1.01. The number of pyridine rings is 1. The maximum Gasteiger partial charge on any atom is 0.417 e. The highest BCUT2D eigenvalue weighted by Gasteiger charge is 2.33. The number of aliphatic imine (C=N–C) groups is 1. The molecule has 0 bridgehead atoms. The van der Waals surface area contributed by atoms with Crippen LogP contribution in [0.3, 0.4) is 0 Å². The summed E-state index contributed by atoms with van der Waals surface area (Å²) in [5, 5.41) is 6.98. The van der Waals surface area contributed by atoms with Crippen LogP contribution in [-0.4, -0.2) is 55.4 Å². The van der Waals surface area contributed by atoms with Crippen LogP contribution >= 0.6 is 11.8 Å². The highest BCUT2D eigenvalue weighted by atomic mass is 32.2. The molecule has 17 heteroatoms. The number of hydrogen-bond acceptors (Lipinski definition) is 7. The Morgan fingerprint density at radius 2 is 1.83 bits per heavy atom. The molecule has 1 aliphatic rings. The van der Waals surface area contributed by atoms with Gasteiger partial charge < -0.3 is 10.1 Å². The third kappa shape index (κ3) is 7.71. The van der Waals surface area contributed by atoms with Crippen molar-refractivity contribution in [3.63, 3.8) is 0 Å². The summed E-state index contributed by atoms with van der Waals surface area (Å²) in [6.07, 6.45) is -7.03. The fourth-order valence-corrected chi connectivity index (χ4v) is 5.19. The Balaban J connectivity index is 1.30. The molecule has 10 nitrogen and oxygen atoms in total. The van der Waals surface area contributed by atoms with Gasteiger partial charge in [0.25, 0.3) is 0 Å². The number of amidine groups is 1. The highest BCUT2D eigenvalue weighted by molar-refractivity contribution is 8.15. The molecule has 0 spiro atoms. The number of urea groups is 1. The second kappa shape index (κ2) is 12.9. The van der Waals surface area contributed by atoms with Gasteiger partial charge in [-0.05, 0) is 61.4 Å². The number of anilines is 2. The molecule has 3 heterocycles. The Bertz CT molecular complexity index is 1810. The lowest BCUT2D eigenvalue weighted by atomic mass is 10.1. The smallest absolute Gasteiger partial charge is 0.367 e. The molecule has 2 aromatic heterocycles. The largest absolute Gasteiger partial charge is 0.417 e. The number of carbonyl (C=O) groups is 2. The van der Waals surface area contributed by atoms with Gasteiger partial charge in [0.15, 0.2) is 16.8 Å². The molecule has 4 aromatic rings. The summed E-state index contributed by atoms with van der Waals surface area (Å²) in [4.78, 5) is 39.0. The number of nitrogens with one attached hydrogen (secondary N) is 1. The third-order valence-corrected chi connectivity index (χ3v) is 7.42. The van der Waals surface area contributed by atoms with Crippen molar-refractivity contribution in [2.45, 2.75) is 32.8 Å². The van der Waals surface area contributed by atoms with E-state index in [9.17, 15) is 35.9 Å². The van der Waals surface area contributed by atoms with Gasteiger partial charge in [-0.1, -0.05) is 23.9 Å². The van der Waals surface area contributed by atoms with Gasteiger partial charge in [-0.15, -0.1) is 5.10 Å². The Morgan fingerprint density at radius 3 is 2.50 bits per heavy atom. The minimum Gasteiger partial charge on any atom is -0.367 e. The molecule has 46 heavy (non-hydrogen) atoms. The van der Waals surface area contributed by atoms with Crippen molar-refractivity contribution >= 4 is 40.2 Å². The Hall–Kier alpha value is -4.77. The Kier molecular flexibility index (Phi) is 9.16. The molecule has 3 amide bonds. The summed E-state index contributed by atoms with van der Waals surface area (Å²) in [6, 6.07) is 11.0. The van der Waals surface area contributed by atoms with Crippen LogP contribution in [0.5, 0.6) is 0 Å². The highest BCUT2D eigenvalue weighted by Crippen LogP contribution is 2.32. The second-order valence-corrected chi connectivity index (χ2v) is 11.0. The molecule has 2 aromatic carbocycles. The molecule has 0 unspecified atom stereocenters.